The van der Waals surface area contributed by atoms with Gasteiger partial charge in [-0.15, -0.1) is 11.8 Å². The quantitative estimate of drug-likeness (QED) is 0.762. The molecule has 0 bridgehead atoms. The first-order chi connectivity index (χ1) is 8.88. The van der Waals surface area contributed by atoms with Crippen LogP contribution in [-0.4, -0.2) is 34.8 Å². The van der Waals surface area contributed by atoms with Gasteiger partial charge >= 0.3 is 5.97 Å². The molecule has 1 aromatic rings. The molecule has 106 valence electrons. The number of hydrogen-bond acceptors (Lipinski definition) is 3. The zero-order chi connectivity index (χ0) is 14.4. The average Bonchev–Trinajstić information content (AvgIpc) is 2.29. The first-order valence-electron chi connectivity index (χ1n) is 6.24. The Morgan fingerprint density at radius 3 is 2.74 bits per heavy atom. The molecule has 0 aliphatic rings. The van der Waals surface area contributed by atoms with Crippen molar-refractivity contribution in [2.75, 3.05) is 13.6 Å². The number of benzene rings is 1. The zero-order valence-electron chi connectivity index (χ0n) is 11.5. The minimum Gasteiger partial charge on any atom is -0.481 e. The lowest BCUT2D eigenvalue weighted by Crippen LogP contribution is -2.21. The van der Waals surface area contributed by atoms with Crippen LogP contribution >= 0.6 is 27.7 Å². The number of thioether (sulfide) groups is 1. The van der Waals surface area contributed by atoms with Gasteiger partial charge in [0.25, 0.3) is 0 Å². The highest BCUT2D eigenvalue weighted by Gasteiger charge is 2.09. The Kier molecular flexibility index (Phi) is 6.89. The van der Waals surface area contributed by atoms with Crippen LogP contribution in [0.15, 0.2) is 27.6 Å². The molecule has 1 aromatic carbocycles. The third-order valence-electron chi connectivity index (χ3n) is 2.54. The normalized spacial score (nSPS) is 11.3. The molecule has 19 heavy (non-hydrogen) atoms. The Labute approximate surface area is 127 Å². The number of hydrogen-bond donors (Lipinski definition) is 1. The second kappa shape index (κ2) is 7.92. The Morgan fingerprint density at radius 2 is 2.16 bits per heavy atom. The summed E-state index contributed by atoms with van der Waals surface area (Å²) in [5.41, 5.74) is 1.25. The molecule has 3 nitrogen and oxygen atoms in total. The fraction of sp³-hybridized carbons (Fsp3) is 0.500. The molecule has 0 saturated carbocycles. The van der Waals surface area contributed by atoms with Crippen LogP contribution in [-0.2, 0) is 11.3 Å². The number of nitrogens with zero attached hydrogens (tertiary/aromatic N) is 1. The van der Waals surface area contributed by atoms with Crippen molar-refractivity contribution in [3.8, 4) is 0 Å². The smallest absolute Gasteiger partial charge is 0.304 e. The number of aliphatic carboxylic acids is 1. The van der Waals surface area contributed by atoms with Gasteiger partial charge in [0.2, 0.25) is 0 Å². The molecule has 0 amide bonds. The summed E-state index contributed by atoms with van der Waals surface area (Å²) in [5, 5.41) is 9.23. The molecule has 0 radical (unpaired) electrons. The predicted octanol–water partition coefficient (Wildman–Crippen LogP) is 3.86. The number of carbonyl (C=O) groups is 1. The van der Waals surface area contributed by atoms with Crippen LogP contribution in [0.2, 0.25) is 0 Å². The third-order valence-corrected chi connectivity index (χ3v) is 4.14. The second-order valence-electron chi connectivity index (χ2n) is 4.80. The van der Waals surface area contributed by atoms with Crippen LogP contribution < -0.4 is 0 Å². The van der Waals surface area contributed by atoms with Gasteiger partial charge in [-0.3, -0.25) is 4.79 Å². The maximum absolute atomic E-state index is 10.6. The van der Waals surface area contributed by atoms with Crippen molar-refractivity contribution in [1.29, 1.82) is 0 Å². The summed E-state index contributed by atoms with van der Waals surface area (Å²) in [6.45, 7) is 5.68. The van der Waals surface area contributed by atoms with Crippen molar-refractivity contribution >= 4 is 33.7 Å². The van der Waals surface area contributed by atoms with E-state index in [1.807, 2.05) is 29.8 Å². The second-order valence-corrected chi connectivity index (χ2v) is 7.33. The van der Waals surface area contributed by atoms with E-state index >= 15 is 0 Å². The zero-order valence-corrected chi connectivity index (χ0v) is 13.9. The number of carboxylic acids is 1. The van der Waals surface area contributed by atoms with E-state index < -0.39 is 5.97 Å². The highest BCUT2D eigenvalue weighted by molar-refractivity contribution is 9.10. The fourth-order valence-electron chi connectivity index (χ4n) is 1.68. The summed E-state index contributed by atoms with van der Waals surface area (Å²) in [6, 6.07) is 6.27. The SMILES string of the molecule is CC(C)Sc1cc(Br)ccc1CN(C)CCC(=O)O. The van der Waals surface area contributed by atoms with E-state index in [0.29, 0.717) is 11.8 Å². The van der Waals surface area contributed by atoms with Gasteiger partial charge in [0.15, 0.2) is 0 Å². The van der Waals surface area contributed by atoms with Crippen LogP contribution in [0.25, 0.3) is 0 Å². The molecule has 0 heterocycles. The molecule has 5 heteroatoms. The van der Waals surface area contributed by atoms with Gasteiger partial charge < -0.3 is 10.0 Å². The van der Waals surface area contributed by atoms with E-state index in [4.69, 9.17) is 5.11 Å². The van der Waals surface area contributed by atoms with Gasteiger partial charge in [-0.05, 0) is 24.7 Å². The first-order valence-corrected chi connectivity index (χ1v) is 7.91. The Hall–Kier alpha value is -0.520. The Balaban J connectivity index is 2.73. The van der Waals surface area contributed by atoms with Gasteiger partial charge in [-0.25, -0.2) is 0 Å². The fourth-order valence-corrected chi connectivity index (χ4v) is 3.18. The number of halogens is 1. The highest BCUT2D eigenvalue weighted by Crippen LogP contribution is 2.30. The summed E-state index contributed by atoms with van der Waals surface area (Å²) < 4.78 is 1.08. The van der Waals surface area contributed by atoms with Crippen LogP contribution in [0.3, 0.4) is 0 Å². The Morgan fingerprint density at radius 1 is 1.47 bits per heavy atom. The largest absolute Gasteiger partial charge is 0.481 e. The van der Waals surface area contributed by atoms with Gasteiger partial charge in [0.1, 0.15) is 0 Å². The van der Waals surface area contributed by atoms with Gasteiger partial charge in [0.05, 0.1) is 6.42 Å². The van der Waals surface area contributed by atoms with E-state index in [1.165, 1.54) is 10.5 Å². The van der Waals surface area contributed by atoms with E-state index in [2.05, 4.69) is 41.9 Å². The maximum Gasteiger partial charge on any atom is 0.304 e. The number of carboxylic acid groups (broad SMARTS) is 1. The molecule has 0 saturated heterocycles. The lowest BCUT2D eigenvalue weighted by molar-refractivity contribution is -0.137. The lowest BCUT2D eigenvalue weighted by Gasteiger charge is -2.19. The van der Waals surface area contributed by atoms with Crippen LogP contribution in [0, 0.1) is 0 Å². The standard InChI is InChI=1S/C14H20BrNO2S/c1-10(2)19-13-8-12(15)5-4-11(13)9-16(3)7-6-14(17)18/h4-5,8,10H,6-7,9H2,1-3H3,(H,17,18). The van der Waals surface area contributed by atoms with Crippen molar-refractivity contribution in [3.63, 3.8) is 0 Å². The number of rotatable bonds is 7. The monoisotopic (exact) mass is 345 g/mol. The lowest BCUT2D eigenvalue weighted by atomic mass is 10.2. The summed E-state index contributed by atoms with van der Waals surface area (Å²) >= 11 is 5.33. The van der Waals surface area contributed by atoms with Gasteiger partial charge in [0, 0.05) is 27.7 Å². The van der Waals surface area contributed by atoms with Crippen LogP contribution in [0.5, 0.6) is 0 Å². The first kappa shape index (κ1) is 16.5. The molecular weight excluding hydrogens is 326 g/mol. The third kappa shape index (κ3) is 6.45. The van der Waals surface area contributed by atoms with Gasteiger partial charge in [-0.1, -0.05) is 35.8 Å². The minimum atomic E-state index is -0.751. The van der Waals surface area contributed by atoms with E-state index in [1.54, 1.807) is 0 Å². The van der Waals surface area contributed by atoms with Crippen molar-refractivity contribution in [2.45, 2.75) is 37.0 Å². The van der Waals surface area contributed by atoms with Crippen molar-refractivity contribution < 1.29 is 9.90 Å². The average molecular weight is 346 g/mol. The summed E-state index contributed by atoms with van der Waals surface area (Å²) in [5.74, 6) is -0.751. The summed E-state index contributed by atoms with van der Waals surface area (Å²) in [4.78, 5) is 13.9. The molecule has 0 aliphatic heterocycles. The molecule has 0 aliphatic carbocycles. The van der Waals surface area contributed by atoms with Crippen LogP contribution in [0.4, 0.5) is 0 Å². The molecule has 1 rings (SSSR count). The van der Waals surface area contributed by atoms with Crippen molar-refractivity contribution in [1.82, 2.24) is 4.90 Å². The molecular formula is C14H20BrNO2S. The summed E-state index contributed by atoms with van der Waals surface area (Å²) in [6.07, 6.45) is 0.180. The highest BCUT2D eigenvalue weighted by atomic mass is 79.9. The van der Waals surface area contributed by atoms with Gasteiger partial charge in [-0.2, -0.15) is 0 Å². The van der Waals surface area contributed by atoms with E-state index in [0.717, 1.165) is 11.0 Å². The molecule has 0 spiro atoms. The summed E-state index contributed by atoms with van der Waals surface area (Å²) in [7, 11) is 1.95. The van der Waals surface area contributed by atoms with Crippen molar-refractivity contribution in [2.24, 2.45) is 0 Å². The van der Waals surface area contributed by atoms with E-state index in [-0.39, 0.29) is 6.42 Å². The minimum absolute atomic E-state index is 0.180. The topological polar surface area (TPSA) is 40.5 Å². The molecule has 0 unspecified atom stereocenters. The molecule has 1 N–H and O–H groups in total. The van der Waals surface area contributed by atoms with Crippen LogP contribution in [0.1, 0.15) is 25.8 Å². The van der Waals surface area contributed by atoms with Crippen molar-refractivity contribution in [3.05, 3.63) is 28.2 Å². The molecule has 0 atom stereocenters. The molecule has 0 fully saturated rings. The van der Waals surface area contributed by atoms with E-state index in [9.17, 15) is 4.79 Å². The Bertz CT molecular complexity index is 437. The molecule has 0 aromatic heterocycles. The predicted molar refractivity (Wildman–Crippen MR) is 83.7 cm³/mol. The maximum atomic E-state index is 10.6.